The van der Waals surface area contributed by atoms with Gasteiger partial charge in [-0.3, -0.25) is 0 Å². The number of hydrogen-bond donors (Lipinski definition) is 1. The van der Waals surface area contributed by atoms with Crippen LogP contribution in [-0.2, 0) is 4.74 Å². The summed E-state index contributed by atoms with van der Waals surface area (Å²) in [7, 11) is 1.76. The summed E-state index contributed by atoms with van der Waals surface area (Å²) in [5.74, 6) is 0. The Morgan fingerprint density at radius 3 is 2.53 bits per heavy atom. The van der Waals surface area contributed by atoms with Crippen LogP contribution in [0.5, 0.6) is 0 Å². The fourth-order valence-corrected chi connectivity index (χ4v) is 2.69. The minimum absolute atomic E-state index is 0.0502. The van der Waals surface area contributed by atoms with Crippen LogP contribution < -0.4 is 5.32 Å². The van der Waals surface area contributed by atoms with Crippen LogP contribution in [0, 0.1) is 13.8 Å². The minimum Gasteiger partial charge on any atom is -0.379 e. The van der Waals surface area contributed by atoms with E-state index in [0.717, 1.165) is 23.7 Å². The number of thiazole rings is 1. The lowest BCUT2D eigenvalue weighted by molar-refractivity contribution is 0.0154. The van der Waals surface area contributed by atoms with E-state index in [0.29, 0.717) is 6.04 Å². The second-order valence-electron chi connectivity index (χ2n) is 5.07. The molecule has 0 saturated carbocycles. The van der Waals surface area contributed by atoms with Crippen LogP contribution in [0.15, 0.2) is 0 Å². The molecule has 0 aliphatic heterocycles. The Balaban J connectivity index is 2.45. The highest BCUT2D eigenvalue weighted by Crippen LogP contribution is 2.24. The van der Waals surface area contributed by atoms with Crippen LogP contribution in [0.1, 0.15) is 48.8 Å². The fraction of sp³-hybridized carbons (Fsp3) is 0.769. The third-order valence-electron chi connectivity index (χ3n) is 3.06. The summed E-state index contributed by atoms with van der Waals surface area (Å²) in [6, 6.07) is 0.369. The molecule has 0 fully saturated rings. The van der Waals surface area contributed by atoms with E-state index < -0.39 is 0 Å². The number of rotatable bonds is 6. The Labute approximate surface area is 109 Å². The van der Waals surface area contributed by atoms with Gasteiger partial charge in [0.2, 0.25) is 0 Å². The Morgan fingerprint density at radius 1 is 1.41 bits per heavy atom. The third-order valence-corrected chi connectivity index (χ3v) is 4.32. The summed E-state index contributed by atoms with van der Waals surface area (Å²) in [4.78, 5) is 5.80. The van der Waals surface area contributed by atoms with Crippen molar-refractivity contribution >= 4 is 11.3 Å². The molecule has 1 N–H and O–H groups in total. The summed E-state index contributed by atoms with van der Waals surface area (Å²) in [5.41, 5.74) is 1.10. The van der Waals surface area contributed by atoms with E-state index in [4.69, 9.17) is 4.74 Å². The maximum absolute atomic E-state index is 5.40. The molecular formula is C13H24N2OS. The molecule has 4 heteroatoms. The summed E-state index contributed by atoms with van der Waals surface area (Å²) in [5, 5.41) is 4.68. The Kier molecular flexibility index (Phi) is 5.10. The minimum atomic E-state index is -0.0502. The topological polar surface area (TPSA) is 34.1 Å². The van der Waals surface area contributed by atoms with E-state index in [-0.39, 0.29) is 5.60 Å². The van der Waals surface area contributed by atoms with Gasteiger partial charge in [-0.1, -0.05) is 0 Å². The molecular weight excluding hydrogens is 232 g/mol. The van der Waals surface area contributed by atoms with Crippen molar-refractivity contribution in [3.63, 3.8) is 0 Å². The molecule has 98 valence electrons. The standard InChI is InChI=1S/C13H24N2OS/c1-9(12-10(2)15-11(3)17-12)14-8-7-13(4,5)16-6/h9,14H,7-8H2,1-6H3. The van der Waals surface area contributed by atoms with Gasteiger partial charge in [-0.2, -0.15) is 0 Å². The quantitative estimate of drug-likeness (QED) is 0.848. The van der Waals surface area contributed by atoms with Crippen molar-refractivity contribution in [3.8, 4) is 0 Å². The maximum atomic E-state index is 5.40. The molecule has 1 heterocycles. The Morgan fingerprint density at radius 2 is 2.06 bits per heavy atom. The average molecular weight is 256 g/mol. The van der Waals surface area contributed by atoms with E-state index in [1.165, 1.54) is 4.88 Å². The van der Waals surface area contributed by atoms with Gasteiger partial charge < -0.3 is 10.1 Å². The molecule has 0 bridgehead atoms. The number of aromatic nitrogens is 1. The van der Waals surface area contributed by atoms with E-state index in [1.54, 1.807) is 18.4 Å². The number of ether oxygens (including phenoxy) is 1. The zero-order valence-corrected chi connectivity index (χ0v) is 12.6. The number of aryl methyl sites for hydroxylation is 2. The van der Waals surface area contributed by atoms with Gasteiger partial charge in [0.15, 0.2) is 0 Å². The molecule has 0 saturated heterocycles. The molecule has 0 aromatic carbocycles. The van der Waals surface area contributed by atoms with Crippen LogP contribution >= 0.6 is 11.3 Å². The molecule has 0 spiro atoms. The van der Waals surface area contributed by atoms with E-state index in [2.05, 4.69) is 44.9 Å². The van der Waals surface area contributed by atoms with Crippen molar-refractivity contribution in [1.29, 1.82) is 0 Å². The molecule has 1 unspecified atom stereocenters. The maximum Gasteiger partial charge on any atom is 0.0900 e. The first-order valence-electron chi connectivity index (χ1n) is 6.08. The molecule has 1 aromatic rings. The fourth-order valence-electron chi connectivity index (χ4n) is 1.73. The second-order valence-corrected chi connectivity index (χ2v) is 6.31. The van der Waals surface area contributed by atoms with Gasteiger partial charge in [0.25, 0.3) is 0 Å². The van der Waals surface area contributed by atoms with Gasteiger partial charge in [-0.15, -0.1) is 11.3 Å². The summed E-state index contributed by atoms with van der Waals surface area (Å²) in [6.45, 7) is 11.5. The van der Waals surface area contributed by atoms with E-state index >= 15 is 0 Å². The van der Waals surface area contributed by atoms with Crippen molar-refractivity contribution in [2.45, 2.75) is 52.7 Å². The summed E-state index contributed by atoms with van der Waals surface area (Å²) in [6.07, 6.45) is 1.00. The van der Waals surface area contributed by atoms with Gasteiger partial charge in [-0.25, -0.2) is 4.98 Å². The number of nitrogens with zero attached hydrogens (tertiary/aromatic N) is 1. The van der Waals surface area contributed by atoms with E-state index in [1.807, 2.05) is 0 Å². The van der Waals surface area contributed by atoms with Crippen molar-refractivity contribution in [2.24, 2.45) is 0 Å². The van der Waals surface area contributed by atoms with Crippen LogP contribution in [0.4, 0.5) is 0 Å². The SMILES string of the molecule is COC(C)(C)CCNC(C)c1sc(C)nc1C. The van der Waals surface area contributed by atoms with Gasteiger partial charge >= 0.3 is 0 Å². The van der Waals surface area contributed by atoms with Crippen LogP contribution in [0.25, 0.3) is 0 Å². The Bertz CT molecular complexity index is 360. The van der Waals surface area contributed by atoms with Gasteiger partial charge in [0.1, 0.15) is 0 Å². The summed E-state index contributed by atoms with van der Waals surface area (Å²) >= 11 is 1.78. The van der Waals surface area contributed by atoms with Crippen LogP contribution in [-0.4, -0.2) is 24.2 Å². The van der Waals surface area contributed by atoms with Crippen molar-refractivity contribution in [2.75, 3.05) is 13.7 Å². The van der Waals surface area contributed by atoms with Gasteiger partial charge in [-0.05, 0) is 47.6 Å². The number of methoxy groups -OCH3 is 1. The second kappa shape index (κ2) is 5.94. The average Bonchev–Trinajstić information content (AvgIpc) is 2.57. The molecule has 17 heavy (non-hydrogen) atoms. The van der Waals surface area contributed by atoms with Crippen LogP contribution in [0.2, 0.25) is 0 Å². The first-order chi connectivity index (χ1) is 7.85. The van der Waals surface area contributed by atoms with Gasteiger partial charge in [0, 0.05) is 18.0 Å². The lowest BCUT2D eigenvalue weighted by Gasteiger charge is -2.24. The molecule has 3 nitrogen and oxygen atoms in total. The predicted octanol–water partition coefficient (Wildman–Crippen LogP) is 3.23. The third kappa shape index (κ3) is 4.37. The molecule has 1 atom stereocenters. The molecule has 1 aromatic heterocycles. The van der Waals surface area contributed by atoms with E-state index in [9.17, 15) is 0 Å². The summed E-state index contributed by atoms with van der Waals surface area (Å²) < 4.78 is 5.40. The largest absolute Gasteiger partial charge is 0.379 e. The first kappa shape index (κ1) is 14.6. The Hall–Kier alpha value is -0.450. The predicted molar refractivity (Wildman–Crippen MR) is 73.7 cm³/mol. The highest BCUT2D eigenvalue weighted by molar-refractivity contribution is 7.11. The molecule has 0 radical (unpaired) electrons. The highest BCUT2D eigenvalue weighted by atomic mass is 32.1. The molecule has 1 rings (SSSR count). The molecule has 0 aliphatic carbocycles. The van der Waals surface area contributed by atoms with Crippen molar-refractivity contribution in [3.05, 3.63) is 15.6 Å². The van der Waals surface area contributed by atoms with Crippen molar-refractivity contribution < 1.29 is 4.74 Å². The molecule has 0 aliphatic rings. The first-order valence-corrected chi connectivity index (χ1v) is 6.90. The lowest BCUT2D eigenvalue weighted by Crippen LogP contribution is -2.30. The lowest BCUT2D eigenvalue weighted by atomic mass is 10.1. The number of hydrogen-bond acceptors (Lipinski definition) is 4. The molecule has 0 amide bonds. The van der Waals surface area contributed by atoms with Crippen LogP contribution in [0.3, 0.4) is 0 Å². The normalized spacial score (nSPS) is 14.0. The smallest absolute Gasteiger partial charge is 0.0900 e. The highest BCUT2D eigenvalue weighted by Gasteiger charge is 2.17. The van der Waals surface area contributed by atoms with Gasteiger partial charge in [0.05, 0.1) is 16.3 Å². The zero-order valence-electron chi connectivity index (χ0n) is 11.8. The number of nitrogens with one attached hydrogen (secondary N) is 1. The zero-order chi connectivity index (χ0) is 13.1. The monoisotopic (exact) mass is 256 g/mol. The van der Waals surface area contributed by atoms with Crippen molar-refractivity contribution in [1.82, 2.24) is 10.3 Å².